The van der Waals surface area contributed by atoms with Gasteiger partial charge >= 0.3 is 0 Å². The van der Waals surface area contributed by atoms with E-state index < -0.39 is 0 Å². The maximum Gasteiger partial charge on any atom is 0.188 e. The van der Waals surface area contributed by atoms with Crippen molar-refractivity contribution >= 4 is 5.96 Å². The van der Waals surface area contributed by atoms with E-state index in [1.54, 1.807) is 0 Å². The van der Waals surface area contributed by atoms with E-state index in [9.17, 15) is 0 Å². The Hall–Kier alpha value is -0.810. The molecule has 23 heavy (non-hydrogen) atoms. The van der Waals surface area contributed by atoms with Crippen LogP contribution in [0.1, 0.15) is 59.3 Å². The Morgan fingerprint density at radius 2 is 1.96 bits per heavy atom. The Bertz CT molecular complexity index is 315. The first-order valence-electron chi connectivity index (χ1n) is 9.30. The fourth-order valence-electron chi connectivity index (χ4n) is 2.73. The highest BCUT2D eigenvalue weighted by Gasteiger charge is 2.13. The van der Waals surface area contributed by atoms with E-state index in [1.807, 2.05) is 0 Å². The zero-order chi connectivity index (χ0) is 16.9. The second-order valence-electron chi connectivity index (χ2n) is 7.12. The summed E-state index contributed by atoms with van der Waals surface area (Å²) in [7, 11) is 0. The molecule has 0 aromatic heterocycles. The zero-order valence-corrected chi connectivity index (χ0v) is 15.4. The van der Waals surface area contributed by atoms with Crippen LogP contribution in [-0.4, -0.2) is 45.0 Å². The lowest BCUT2D eigenvalue weighted by Crippen LogP contribution is -2.38. The Morgan fingerprint density at radius 1 is 1.22 bits per heavy atom. The largest absolute Gasteiger partial charge is 0.381 e. The maximum atomic E-state index is 5.92. The lowest BCUT2D eigenvalue weighted by atomic mass is 10.0. The van der Waals surface area contributed by atoms with Crippen LogP contribution in [0.4, 0.5) is 0 Å². The van der Waals surface area contributed by atoms with E-state index in [-0.39, 0.29) is 0 Å². The van der Waals surface area contributed by atoms with Crippen LogP contribution in [0.25, 0.3) is 0 Å². The number of hydrogen-bond acceptors (Lipinski definition) is 3. The lowest BCUT2D eigenvalue weighted by molar-refractivity contribution is 0.0205. The number of rotatable bonds is 11. The Kier molecular flexibility index (Phi) is 11.1. The highest BCUT2D eigenvalue weighted by Crippen LogP contribution is 2.14. The van der Waals surface area contributed by atoms with E-state index in [1.165, 1.54) is 12.8 Å². The molecule has 1 aliphatic heterocycles. The highest BCUT2D eigenvalue weighted by atomic mass is 16.5. The van der Waals surface area contributed by atoms with Gasteiger partial charge < -0.3 is 20.5 Å². The average molecular weight is 328 g/mol. The summed E-state index contributed by atoms with van der Waals surface area (Å²) >= 11 is 0. The van der Waals surface area contributed by atoms with Gasteiger partial charge in [0.25, 0.3) is 0 Å². The van der Waals surface area contributed by atoms with Gasteiger partial charge in [0.15, 0.2) is 5.96 Å². The van der Waals surface area contributed by atoms with Crippen molar-refractivity contribution in [1.29, 1.82) is 0 Å². The summed E-state index contributed by atoms with van der Waals surface area (Å²) in [6.45, 7) is 10.8. The molecule has 1 fully saturated rings. The molecule has 136 valence electrons. The lowest BCUT2D eigenvalue weighted by Gasteiger charge is -2.21. The fourth-order valence-corrected chi connectivity index (χ4v) is 2.73. The zero-order valence-electron chi connectivity index (χ0n) is 15.4. The molecule has 5 nitrogen and oxygen atoms in total. The minimum Gasteiger partial charge on any atom is -0.381 e. The number of guanidine groups is 1. The minimum absolute atomic E-state index is 0.391. The maximum absolute atomic E-state index is 5.92. The van der Waals surface area contributed by atoms with Crippen molar-refractivity contribution in [3.8, 4) is 0 Å². The minimum atomic E-state index is 0.391. The van der Waals surface area contributed by atoms with Gasteiger partial charge in [0.1, 0.15) is 0 Å². The average Bonchev–Trinajstić information content (AvgIpc) is 2.51. The van der Waals surface area contributed by atoms with Gasteiger partial charge in [0, 0.05) is 39.0 Å². The molecule has 1 saturated heterocycles. The third-order valence-electron chi connectivity index (χ3n) is 4.24. The molecule has 1 rings (SSSR count). The van der Waals surface area contributed by atoms with E-state index in [2.05, 4.69) is 31.1 Å². The molecule has 1 atom stereocenters. The summed E-state index contributed by atoms with van der Waals surface area (Å²) in [5.41, 5.74) is 5.92. The van der Waals surface area contributed by atoms with Crippen LogP contribution in [-0.2, 0) is 9.47 Å². The third-order valence-corrected chi connectivity index (χ3v) is 4.24. The Balaban J connectivity index is 1.98. The van der Waals surface area contributed by atoms with Gasteiger partial charge in [-0.2, -0.15) is 0 Å². The number of ether oxygens (including phenoxy) is 2. The molecule has 0 radical (unpaired) electrons. The predicted octanol–water partition coefficient (Wildman–Crippen LogP) is 2.94. The molecule has 0 amide bonds. The third kappa shape index (κ3) is 11.4. The van der Waals surface area contributed by atoms with Crippen molar-refractivity contribution in [1.82, 2.24) is 5.32 Å². The number of nitrogens with two attached hydrogens (primary N) is 1. The van der Waals surface area contributed by atoms with E-state index in [0.29, 0.717) is 17.9 Å². The van der Waals surface area contributed by atoms with E-state index in [0.717, 1.165) is 64.6 Å². The van der Waals surface area contributed by atoms with Crippen LogP contribution in [0.2, 0.25) is 0 Å². The summed E-state index contributed by atoms with van der Waals surface area (Å²) in [6, 6.07) is 0.391. The molecule has 3 N–H and O–H groups in total. The smallest absolute Gasteiger partial charge is 0.188 e. The Morgan fingerprint density at radius 3 is 2.65 bits per heavy atom. The fraction of sp³-hybridized carbons (Fsp3) is 0.944. The van der Waals surface area contributed by atoms with Crippen LogP contribution in [0, 0.1) is 11.8 Å². The van der Waals surface area contributed by atoms with Crippen LogP contribution < -0.4 is 11.1 Å². The molecule has 0 bridgehead atoms. The number of nitrogens with one attached hydrogen (secondary N) is 1. The van der Waals surface area contributed by atoms with Crippen molar-refractivity contribution in [2.24, 2.45) is 22.6 Å². The van der Waals surface area contributed by atoms with Gasteiger partial charge in [-0.25, -0.2) is 0 Å². The van der Waals surface area contributed by atoms with Gasteiger partial charge in [0.05, 0.1) is 0 Å². The molecule has 1 aliphatic rings. The Labute approximate surface area is 142 Å². The van der Waals surface area contributed by atoms with Crippen molar-refractivity contribution in [3.05, 3.63) is 0 Å². The summed E-state index contributed by atoms with van der Waals surface area (Å²) in [6.07, 6.45) is 6.83. The normalized spacial score (nSPS) is 18.3. The monoisotopic (exact) mass is 327 g/mol. The van der Waals surface area contributed by atoms with E-state index >= 15 is 0 Å². The second kappa shape index (κ2) is 12.6. The van der Waals surface area contributed by atoms with Crippen molar-refractivity contribution in [3.63, 3.8) is 0 Å². The molecule has 0 spiro atoms. The number of nitrogens with zero attached hydrogens (tertiary/aromatic N) is 1. The van der Waals surface area contributed by atoms with Crippen LogP contribution in [0.3, 0.4) is 0 Å². The predicted molar refractivity (Wildman–Crippen MR) is 96.8 cm³/mol. The molecule has 0 aromatic rings. The second-order valence-corrected chi connectivity index (χ2v) is 7.12. The van der Waals surface area contributed by atoms with Gasteiger partial charge in [0.2, 0.25) is 0 Å². The van der Waals surface area contributed by atoms with Crippen LogP contribution in [0.5, 0.6) is 0 Å². The molecular formula is C18H37N3O2. The van der Waals surface area contributed by atoms with Crippen molar-refractivity contribution < 1.29 is 9.47 Å². The summed E-state index contributed by atoms with van der Waals surface area (Å²) < 4.78 is 11.1. The molecule has 0 aliphatic carbocycles. The molecule has 1 heterocycles. The van der Waals surface area contributed by atoms with Gasteiger partial charge in [-0.15, -0.1) is 0 Å². The molecule has 0 saturated carbocycles. The SMILES string of the molecule is CC(C)CCCC(C)NC(N)=NCCCOCC1CCOCC1. The quantitative estimate of drug-likeness (QED) is 0.348. The number of hydrogen-bond donors (Lipinski definition) is 2. The van der Waals surface area contributed by atoms with Crippen molar-refractivity contribution in [2.75, 3.05) is 33.0 Å². The van der Waals surface area contributed by atoms with E-state index in [4.69, 9.17) is 15.2 Å². The molecule has 1 unspecified atom stereocenters. The van der Waals surface area contributed by atoms with Gasteiger partial charge in [-0.05, 0) is 44.4 Å². The summed E-state index contributed by atoms with van der Waals surface area (Å²) in [5, 5.41) is 3.27. The van der Waals surface area contributed by atoms with Gasteiger partial charge in [-0.1, -0.05) is 26.7 Å². The first-order chi connectivity index (χ1) is 11.1. The highest BCUT2D eigenvalue weighted by molar-refractivity contribution is 5.78. The van der Waals surface area contributed by atoms with Crippen molar-refractivity contribution in [2.45, 2.75) is 65.3 Å². The van der Waals surface area contributed by atoms with Gasteiger partial charge in [-0.3, -0.25) is 4.99 Å². The van der Waals surface area contributed by atoms with Crippen LogP contribution >= 0.6 is 0 Å². The number of aliphatic imine (C=N–C) groups is 1. The molecular weight excluding hydrogens is 290 g/mol. The molecule has 5 heteroatoms. The van der Waals surface area contributed by atoms with Crippen LogP contribution in [0.15, 0.2) is 4.99 Å². The summed E-state index contributed by atoms with van der Waals surface area (Å²) in [4.78, 5) is 4.37. The first-order valence-corrected chi connectivity index (χ1v) is 9.30. The standard InChI is InChI=1S/C18H37N3O2/c1-15(2)6-4-7-16(3)21-18(19)20-10-5-11-23-14-17-8-12-22-13-9-17/h15-17H,4-14H2,1-3H3,(H3,19,20,21). The topological polar surface area (TPSA) is 68.9 Å². The first kappa shape index (κ1) is 20.2. The summed E-state index contributed by atoms with van der Waals surface area (Å²) in [5.74, 6) is 2.01. The molecule has 0 aromatic carbocycles.